The SMILES string of the molecule is Cc1cc(N(C)CCN(C)C)c([N+](=O)[O-])cc1Nc1ncc(P(C)(C)=O)c(-c2cn(C)c3ccccc23)n1. The summed E-state index contributed by atoms with van der Waals surface area (Å²) < 4.78 is 15.2. The van der Waals surface area contributed by atoms with E-state index in [0.29, 0.717) is 28.9 Å². The molecular formula is C27H34N7O3P. The number of fused-ring (bicyclic) bond motifs is 1. The lowest BCUT2D eigenvalue weighted by atomic mass is 10.1. The summed E-state index contributed by atoms with van der Waals surface area (Å²) in [4.78, 5) is 24.8. The van der Waals surface area contributed by atoms with Crippen LogP contribution in [0.25, 0.3) is 22.2 Å². The summed E-state index contributed by atoms with van der Waals surface area (Å²) in [7, 11) is 5.03. The summed E-state index contributed by atoms with van der Waals surface area (Å²) in [5.74, 6) is 0.274. The molecule has 2 heterocycles. The zero-order chi connectivity index (χ0) is 27.8. The van der Waals surface area contributed by atoms with Gasteiger partial charge in [0.1, 0.15) is 12.8 Å². The fourth-order valence-corrected chi connectivity index (χ4v) is 5.43. The van der Waals surface area contributed by atoms with E-state index in [0.717, 1.165) is 28.6 Å². The molecule has 0 aliphatic heterocycles. The highest BCUT2D eigenvalue weighted by Gasteiger charge is 2.24. The lowest BCUT2D eigenvalue weighted by Crippen LogP contribution is -2.29. The maximum atomic E-state index is 13.2. The normalized spacial score (nSPS) is 11.8. The van der Waals surface area contributed by atoms with Crippen molar-refractivity contribution in [2.75, 3.05) is 57.8 Å². The summed E-state index contributed by atoms with van der Waals surface area (Å²) in [6.45, 7) is 6.70. The highest BCUT2D eigenvalue weighted by molar-refractivity contribution is 7.70. The van der Waals surface area contributed by atoms with Crippen molar-refractivity contribution in [2.45, 2.75) is 6.92 Å². The molecule has 4 aromatic rings. The molecule has 0 saturated carbocycles. The number of hydrogen-bond acceptors (Lipinski definition) is 8. The average Bonchev–Trinajstić information content (AvgIpc) is 3.19. The first-order chi connectivity index (χ1) is 17.9. The van der Waals surface area contributed by atoms with Crippen LogP contribution in [0, 0.1) is 17.0 Å². The molecule has 0 aliphatic rings. The number of likely N-dealkylation sites (N-methyl/N-ethyl adjacent to an activating group) is 2. The molecule has 2 aromatic heterocycles. The zero-order valence-corrected chi connectivity index (χ0v) is 23.8. The molecule has 11 heteroatoms. The van der Waals surface area contributed by atoms with E-state index >= 15 is 0 Å². The number of hydrogen-bond donors (Lipinski definition) is 1. The summed E-state index contributed by atoms with van der Waals surface area (Å²) in [5.41, 5.74) is 4.37. The number of para-hydroxylation sites is 1. The van der Waals surface area contributed by atoms with Crippen molar-refractivity contribution in [1.82, 2.24) is 19.4 Å². The van der Waals surface area contributed by atoms with Crippen molar-refractivity contribution in [3.8, 4) is 11.3 Å². The molecule has 0 fully saturated rings. The van der Waals surface area contributed by atoms with Crippen molar-refractivity contribution in [1.29, 1.82) is 0 Å². The fraction of sp³-hybridized carbons (Fsp3) is 0.333. The van der Waals surface area contributed by atoms with E-state index in [4.69, 9.17) is 4.98 Å². The number of rotatable bonds is 9. The van der Waals surface area contributed by atoms with Gasteiger partial charge in [-0.1, -0.05) is 18.2 Å². The van der Waals surface area contributed by atoms with Gasteiger partial charge in [-0.05, 0) is 52.0 Å². The van der Waals surface area contributed by atoms with Crippen LogP contribution in [0.5, 0.6) is 0 Å². The number of aryl methyl sites for hydroxylation is 2. The molecule has 1 N–H and O–H groups in total. The highest BCUT2D eigenvalue weighted by atomic mass is 31.2. The number of nitrogens with zero attached hydrogens (tertiary/aromatic N) is 6. The second-order valence-electron chi connectivity index (χ2n) is 10.2. The van der Waals surface area contributed by atoms with Crippen LogP contribution in [-0.2, 0) is 11.6 Å². The Balaban J connectivity index is 1.78. The Morgan fingerprint density at radius 2 is 1.84 bits per heavy atom. The molecule has 38 heavy (non-hydrogen) atoms. The lowest BCUT2D eigenvalue weighted by Gasteiger charge is -2.22. The molecule has 200 valence electrons. The van der Waals surface area contributed by atoms with Gasteiger partial charge in [0.05, 0.1) is 21.6 Å². The van der Waals surface area contributed by atoms with Crippen LogP contribution in [0.4, 0.5) is 23.0 Å². The topological polar surface area (TPSA) is 109 Å². The molecule has 10 nitrogen and oxygen atoms in total. The van der Waals surface area contributed by atoms with Crippen molar-refractivity contribution >= 4 is 46.4 Å². The predicted molar refractivity (Wildman–Crippen MR) is 156 cm³/mol. The third kappa shape index (κ3) is 5.56. The van der Waals surface area contributed by atoms with Gasteiger partial charge in [0.25, 0.3) is 5.69 Å². The monoisotopic (exact) mass is 535 g/mol. The molecule has 0 atom stereocenters. The van der Waals surface area contributed by atoms with Gasteiger partial charge in [0.15, 0.2) is 0 Å². The number of anilines is 3. The molecule has 0 radical (unpaired) electrons. The minimum atomic E-state index is -2.71. The van der Waals surface area contributed by atoms with Gasteiger partial charge in [-0.3, -0.25) is 10.1 Å². The van der Waals surface area contributed by atoms with E-state index in [1.165, 1.54) is 6.07 Å². The van der Waals surface area contributed by atoms with Gasteiger partial charge in [0, 0.05) is 62.1 Å². The molecule has 0 bridgehead atoms. The van der Waals surface area contributed by atoms with Crippen molar-refractivity contribution in [3.63, 3.8) is 0 Å². The van der Waals surface area contributed by atoms with Crippen molar-refractivity contribution < 1.29 is 9.49 Å². The van der Waals surface area contributed by atoms with E-state index in [2.05, 4.69) is 10.3 Å². The Bertz CT molecular complexity index is 1560. The third-order valence-corrected chi connectivity index (χ3v) is 8.05. The van der Waals surface area contributed by atoms with Crippen LogP contribution in [0.2, 0.25) is 0 Å². The fourth-order valence-electron chi connectivity index (χ4n) is 4.42. The number of nitrogens with one attached hydrogen (secondary N) is 1. The van der Waals surface area contributed by atoms with Gasteiger partial charge >= 0.3 is 0 Å². The van der Waals surface area contributed by atoms with E-state index in [9.17, 15) is 14.7 Å². The van der Waals surface area contributed by atoms with E-state index in [1.54, 1.807) is 19.5 Å². The molecule has 0 saturated heterocycles. The quantitative estimate of drug-likeness (QED) is 0.184. The summed E-state index contributed by atoms with van der Waals surface area (Å²) >= 11 is 0. The maximum absolute atomic E-state index is 13.2. The van der Waals surface area contributed by atoms with Gasteiger partial charge in [-0.25, -0.2) is 9.97 Å². The van der Waals surface area contributed by atoms with Crippen LogP contribution in [-0.4, -0.2) is 71.9 Å². The first-order valence-corrected chi connectivity index (χ1v) is 14.9. The third-order valence-electron chi connectivity index (χ3n) is 6.56. The number of nitro benzene ring substituents is 1. The predicted octanol–water partition coefficient (Wildman–Crippen LogP) is 4.84. The first-order valence-electron chi connectivity index (χ1n) is 12.3. The Kier molecular flexibility index (Phi) is 7.58. The number of nitro groups is 1. The molecule has 0 aliphatic carbocycles. The molecule has 0 unspecified atom stereocenters. The van der Waals surface area contributed by atoms with E-state index in [-0.39, 0.29) is 16.6 Å². The lowest BCUT2D eigenvalue weighted by molar-refractivity contribution is -0.384. The summed E-state index contributed by atoms with van der Waals surface area (Å²) in [5, 5.41) is 16.7. The van der Waals surface area contributed by atoms with Gasteiger partial charge in [-0.15, -0.1) is 0 Å². The van der Waals surface area contributed by atoms with Crippen LogP contribution in [0.1, 0.15) is 5.56 Å². The second kappa shape index (κ2) is 10.6. The van der Waals surface area contributed by atoms with E-state index < -0.39 is 7.14 Å². The van der Waals surface area contributed by atoms with Crippen LogP contribution in [0.3, 0.4) is 0 Å². The molecule has 2 aromatic carbocycles. The number of benzene rings is 2. The van der Waals surface area contributed by atoms with Gasteiger partial charge in [-0.2, -0.15) is 0 Å². The molecule has 0 amide bonds. The minimum Gasteiger partial charge on any atom is -0.368 e. The highest BCUT2D eigenvalue weighted by Crippen LogP contribution is 2.41. The maximum Gasteiger partial charge on any atom is 0.294 e. The standard InChI is InChI=1S/C27H34N7O3P/c1-18-14-23(32(4)13-12-31(2)3)24(34(35)36)15-21(18)29-27-28-16-25(38(6,7)37)26(30-27)20-17-33(5)22-11-9-8-10-19(20)22/h8-11,14-17H,12-13H2,1-7H3,(H,28,29,30). The van der Waals surface area contributed by atoms with Gasteiger partial charge < -0.3 is 24.2 Å². The van der Waals surface area contributed by atoms with Crippen molar-refractivity contribution in [2.24, 2.45) is 7.05 Å². The Labute approximate surface area is 222 Å². The molecule has 4 rings (SSSR count). The molecule has 0 spiro atoms. The van der Waals surface area contributed by atoms with E-state index in [1.807, 2.05) is 86.0 Å². The van der Waals surface area contributed by atoms with Crippen LogP contribution in [0.15, 0.2) is 48.8 Å². The largest absolute Gasteiger partial charge is 0.368 e. The Morgan fingerprint density at radius 3 is 2.50 bits per heavy atom. The first kappa shape index (κ1) is 27.3. The Hall–Kier alpha value is -3.75. The summed E-state index contributed by atoms with van der Waals surface area (Å²) in [6, 6.07) is 11.3. The zero-order valence-electron chi connectivity index (χ0n) is 22.9. The number of aromatic nitrogens is 3. The Morgan fingerprint density at radius 1 is 1.13 bits per heavy atom. The van der Waals surface area contributed by atoms with Crippen LogP contribution < -0.4 is 15.5 Å². The average molecular weight is 536 g/mol. The molecular weight excluding hydrogens is 501 g/mol. The second-order valence-corrected chi connectivity index (χ2v) is 13.4. The smallest absolute Gasteiger partial charge is 0.294 e. The van der Waals surface area contributed by atoms with Gasteiger partial charge in [0.2, 0.25) is 5.95 Å². The summed E-state index contributed by atoms with van der Waals surface area (Å²) in [6.07, 6.45) is 3.57. The minimum absolute atomic E-state index is 0.00290. The van der Waals surface area contributed by atoms with Crippen LogP contribution >= 0.6 is 7.14 Å². The van der Waals surface area contributed by atoms with Crippen molar-refractivity contribution in [3.05, 3.63) is 64.5 Å².